The normalized spacial score (nSPS) is 11.1. The Morgan fingerprint density at radius 2 is 1.83 bits per heavy atom. The van der Waals surface area contributed by atoms with Crippen molar-refractivity contribution in [3.8, 4) is 17.7 Å². The van der Waals surface area contributed by atoms with E-state index in [1.165, 1.54) is 18.0 Å². The standard InChI is InChI=1S/C23H19Cl2N3O2/c1-29-22-10-9-21(17(13-26)12-18-19(24)14-27-15-20(18)25)28-23(22)30-11-5-8-16-6-3-2-4-7-16/h2-4,6-7,9-10,12,14-15H,5,8,11H2,1H3/b17-12+. The van der Waals surface area contributed by atoms with Gasteiger partial charge in [0.05, 0.1) is 35.0 Å². The molecule has 0 saturated heterocycles. The molecule has 0 N–H and O–H groups in total. The van der Waals surface area contributed by atoms with Gasteiger partial charge in [0, 0.05) is 18.0 Å². The van der Waals surface area contributed by atoms with Crippen LogP contribution in [-0.4, -0.2) is 23.7 Å². The molecule has 5 nitrogen and oxygen atoms in total. The zero-order valence-electron chi connectivity index (χ0n) is 16.3. The first-order valence-electron chi connectivity index (χ1n) is 9.25. The van der Waals surface area contributed by atoms with Crippen LogP contribution in [-0.2, 0) is 6.42 Å². The van der Waals surface area contributed by atoms with E-state index in [0.717, 1.165) is 12.8 Å². The molecule has 2 heterocycles. The van der Waals surface area contributed by atoms with Crippen molar-refractivity contribution in [2.75, 3.05) is 13.7 Å². The van der Waals surface area contributed by atoms with Crippen LogP contribution in [0.2, 0.25) is 10.0 Å². The largest absolute Gasteiger partial charge is 0.491 e. The number of halogens is 2. The summed E-state index contributed by atoms with van der Waals surface area (Å²) in [5.74, 6) is 0.826. The molecule has 3 aromatic rings. The Labute approximate surface area is 185 Å². The van der Waals surface area contributed by atoms with E-state index in [9.17, 15) is 5.26 Å². The van der Waals surface area contributed by atoms with Gasteiger partial charge in [-0.1, -0.05) is 53.5 Å². The molecule has 1 aromatic carbocycles. The van der Waals surface area contributed by atoms with Crippen molar-refractivity contribution in [1.29, 1.82) is 5.26 Å². The molecule has 0 radical (unpaired) electrons. The number of nitriles is 1. The van der Waals surface area contributed by atoms with E-state index < -0.39 is 0 Å². The topological polar surface area (TPSA) is 68.0 Å². The van der Waals surface area contributed by atoms with Crippen LogP contribution in [0, 0.1) is 11.3 Å². The van der Waals surface area contributed by atoms with Crippen molar-refractivity contribution >= 4 is 34.9 Å². The fraction of sp³-hybridized carbons (Fsp3) is 0.174. The molecule has 7 heteroatoms. The molecule has 152 valence electrons. The Hall–Kier alpha value is -3.07. The molecular weight excluding hydrogens is 421 g/mol. The lowest BCUT2D eigenvalue weighted by molar-refractivity contribution is 0.277. The molecule has 0 aliphatic carbocycles. The Bertz CT molecular complexity index is 1060. The third kappa shape index (κ3) is 5.50. The van der Waals surface area contributed by atoms with Gasteiger partial charge >= 0.3 is 0 Å². The highest BCUT2D eigenvalue weighted by Crippen LogP contribution is 2.30. The Kier molecular flexibility index (Phi) is 7.67. The van der Waals surface area contributed by atoms with Crippen molar-refractivity contribution in [3.63, 3.8) is 0 Å². The second-order valence-electron chi connectivity index (χ2n) is 6.33. The average molecular weight is 440 g/mol. The van der Waals surface area contributed by atoms with Crippen LogP contribution in [0.25, 0.3) is 11.6 Å². The predicted molar refractivity (Wildman–Crippen MR) is 119 cm³/mol. The third-order valence-corrected chi connectivity index (χ3v) is 4.91. The molecule has 0 saturated carbocycles. The molecule has 0 atom stereocenters. The summed E-state index contributed by atoms with van der Waals surface area (Å²) in [5, 5.41) is 10.3. The first-order valence-corrected chi connectivity index (χ1v) is 10.0. The molecule has 0 unspecified atom stereocenters. The van der Waals surface area contributed by atoms with Gasteiger partial charge in [0.15, 0.2) is 5.75 Å². The maximum absolute atomic E-state index is 9.65. The number of ether oxygens (including phenoxy) is 2. The van der Waals surface area contributed by atoms with E-state index in [2.05, 4.69) is 28.2 Å². The van der Waals surface area contributed by atoms with Gasteiger partial charge in [0.2, 0.25) is 0 Å². The fourth-order valence-corrected chi connectivity index (χ4v) is 3.27. The molecule has 0 aliphatic rings. The second-order valence-corrected chi connectivity index (χ2v) is 7.14. The number of hydrogen-bond acceptors (Lipinski definition) is 5. The zero-order valence-corrected chi connectivity index (χ0v) is 17.8. The van der Waals surface area contributed by atoms with E-state index in [1.54, 1.807) is 25.3 Å². The van der Waals surface area contributed by atoms with Gasteiger partial charge in [-0.25, -0.2) is 4.98 Å². The van der Waals surface area contributed by atoms with Crippen LogP contribution in [0.15, 0.2) is 54.9 Å². The van der Waals surface area contributed by atoms with E-state index in [4.69, 9.17) is 32.7 Å². The number of allylic oxidation sites excluding steroid dienone is 1. The predicted octanol–water partition coefficient (Wildman–Crippen LogP) is 5.87. The molecule has 30 heavy (non-hydrogen) atoms. The van der Waals surface area contributed by atoms with Gasteiger partial charge in [-0.2, -0.15) is 5.26 Å². The molecule has 2 aromatic heterocycles. The molecular formula is C23H19Cl2N3O2. The Morgan fingerprint density at radius 1 is 1.10 bits per heavy atom. The Morgan fingerprint density at radius 3 is 2.50 bits per heavy atom. The summed E-state index contributed by atoms with van der Waals surface area (Å²) >= 11 is 12.3. The van der Waals surface area contributed by atoms with E-state index in [0.29, 0.717) is 45.1 Å². The lowest BCUT2D eigenvalue weighted by atomic mass is 10.1. The van der Waals surface area contributed by atoms with Gasteiger partial charge in [-0.15, -0.1) is 0 Å². The molecule has 0 bridgehead atoms. The average Bonchev–Trinajstić information content (AvgIpc) is 2.77. The summed E-state index contributed by atoms with van der Waals surface area (Å²) in [4.78, 5) is 8.40. The van der Waals surface area contributed by atoms with Crippen LogP contribution < -0.4 is 9.47 Å². The van der Waals surface area contributed by atoms with Crippen molar-refractivity contribution in [3.05, 3.63) is 81.7 Å². The van der Waals surface area contributed by atoms with Crippen LogP contribution in [0.4, 0.5) is 0 Å². The summed E-state index contributed by atoms with van der Waals surface area (Å²) in [6.07, 6.45) is 6.24. The molecule has 0 aliphatic heterocycles. The molecule has 3 rings (SSSR count). The van der Waals surface area contributed by atoms with Crippen molar-refractivity contribution < 1.29 is 9.47 Å². The van der Waals surface area contributed by atoms with Gasteiger partial charge in [-0.05, 0) is 36.6 Å². The minimum atomic E-state index is 0.293. The minimum absolute atomic E-state index is 0.293. The highest BCUT2D eigenvalue weighted by molar-refractivity contribution is 6.37. The molecule has 0 spiro atoms. The minimum Gasteiger partial charge on any atom is -0.491 e. The van der Waals surface area contributed by atoms with Crippen LogP contribution in [0.1, 0.15) is 23.2 Å². The molecule has 0 fully saturated rings. The van der Waals surface area contributed by atoms with Crippen LogP contribution in [0.3, 0.4) is 0 Å². The lowest BCUT2D eigenvalue weighted by Gasteiger charge is -2.11. The third-order valence-electron chi connectivity index (χ3n) is 4.31. The SMILES string of the molecule is COc1ccc(/C(C#N)=C/c2c(Cl)cncc2Cl)nc1OCCCc1ccccc1. The first kappa shape index (κ1) is 21.6. The maximum atomic E-state index is 9.65. The van der Waals surface area contributed by atoms with Gasteiger partial charge in [-0.3, -0.25) is 4.98 Å². The van der Waals surface area contributed by atoms with Crippen molar-refractivity contribution in [2.45, 2.75) is 12.8 Å². The smallest absolute Gasteiger partial charge is 0.257 e. The number of hydrogen-bond donors (Lipinski definition) is 0. The van der Waals surface area contributed by atoms with E-state index >= 15 is 0 Å². The fourth-order valence-electron chi connectivity index (χ4n) is 2.79. The number of nitrogens with zero attached hydrogens (tertiary/aromatic N) is 3. The first-order chi connectivity index (χ1) is 14.6. The number of aromatic nitrogens is 2. The number of rotatable bonds is 8. The van der Waals surface area contributed by atoms with Crippen LogP contribution >= 0.6 is 23.2 Å². The van der Waals surface area contributed by atoms with Crippen molar-refractivity contribution in [2.24, 2.45) is 0 Å². The number of aryl methyl sites for hydroxylation is 1. The summed E-state index contributed by atoms with van der Waals surface area (Å²) in [6.45, 7) is 0.468. The summed E-state index contributed by atoms with van der Waals surface area (Å²) < 4.78 is 11.2. The van der Waals surface area contributed by atoms with E-state index in [-0.39, 0.29) is 0 Å². The number of benzene rings is 1. The summed E-state index contributed by atoms with van der Waals surface area (Å²) in [7, 11) is 1.55. The lowest BCUT2D eigenvalue weighted by Crippen LogP contribution is -2.04. The summed E-state index contributed by atoms with van der Waals surface area (Å²) in [5.41, 5.74) is 2.48. The van der Waals surface area contributed by atoms with Gasteiger partial charge in [0.25, 0.3) is 5.88 Å². The van der Waals surface area contributed by atoms with Gasteiger partial charge < -0.3 is 9.47 Å². The number of pyridine rings is 2. The monoisotopic (exact) mass is 439 g/mol. The second kappa shape index (κ2) is 10.6. The summed E-state index contributed by atoms with van der Waals surface area (Å²) in [6, 6.07) is 15.7. The highest BCUT2D eigenvalue weighted by atomic mass is 35.5. The highest BCUT2D eigenvalue weighted by Gasteiger charge is 2.13. The Balaban J connectivity index is 1.79. The quantitative estimate of drug-likeness (QED) is 0.324. The van der Waals surface area contributed by atoms with Crippen LogP contribution in [0.5, 0.6) is 11.6 Å². The van der Waals surface area contributed by atoms with Gasteiger partial charge in [0.1, 0.15) is 6.07 Å². The molecule has 0 amide bonds. The maximum Gasteiger partial charge on any atom is 0.257 e. The number of methoxy groups -OCH3 is 1. The van der Waals surface area contributed by atoms with E-state index in [1.807, 2.05) is 18.2 Å². The zero-order chi connectivity index (χ0) is 21.3. The van der Waals surface area contributed by atoms with Crippen molar-refractivity contribution in [1.82, 2.24) is 9.97 Å².